The van der Waals surface area contributed by atoms with Gasteiger partial charge in [0.15, 0.2) is 5.16 Å². The number of thioether (sulfide) groups is 1. The zero-order valence-electron chi connectivity index (χ0n) is 18.0. The van der Waals surface area contributed by atoms with Crippen molar-refractivity contribution >= 4 is 34.3 Å². The Hall–Kier alpha value is -3.96. The molecule has 0 bridgehead atoms. The van der Waals surface area contributed by atoms with Gasteiger partial charge in [-0.2, -0.15) is 5.26 Å². The Labute approximate surface area is 195 Å². The average molecular weight is 456 g/mol. The van der Waals surface area contributed by atoms with Crippen LogP contribution >= 0.6 is 11.8 Å². The second-order valence-electron chi connectivity index (χ2n) is 7.32. The van der Waals surface area contributed by atoms with E-state index in [1.54, 1.807) is 35.4 Å². The van der Waals surface area contributed by atoms with E-state index in [0.29, 0.717) is 21.9 Å². The molecule has 0 spiro atoms. The third-order valence-corrected chi connectivity index (χ3v) is 5.93. The minimum atomic E-state index is -0.240. The largest absolute Gasteiger partial charge is 0.311 e. The molecule has 0 saturated carbocycles. The van der Waals surface area contributed by atoms with E-state index in [1.807, 2.05) is 49.4 Å². The predicted molar refractivity (Wildman–Crippen MR) is 130 cm³/mol. The maximum Gasteiger partial charge on any atom is 0.267 e. The number of aromatic nitrogens is 3. The van der Waals surface area contributed by atoms with Gasteiger partial charge in [-0.15, -0.1) is 0 Å². The fraction of sp³-hybridized carbons (Fsp3) is 0.160. The standard InChI is InChI=1S/C25H21N5O2S/c1-18-12-13-22(27-16-18)30-24(32)20-10-5-6-11-21(20)28-25(30)33-17-23(31)29(15-7-14-26)19-8-3-2-4-9-19/h2-6,8-13,16H,7,15,17H2,1H3. The number of rotatable bonds is 7. The SMILES string of the molecule is Cc1ccc(-n2c(SCC(=O)N(CCC#N)c3ccccc3)nc3ccccc3c2=O)nc1. The molecule has 1 amide bonds. The van der Waals surface area contributed by atoms with Crippen LogP contribution in [-0.2, 0) is 4.79 Å². The number of hydrogen-bond donors (Lipinski definition) is 0. The monoisotopic (exact) mass is 455 g/mol. The summed E-state index contributed by atoms with van der Waals surface area (Å²) in [5.74, 6) is 0.326. The Bertz CT molecular complexity index is 1380. The predicted octanol–water partition coefficient (Wildman–Crippen LogP) is 4.13. The number of hydrogen-bond acceptors (Lipinski definition) is 6. The fourth-order valence-electron chi connectivity index (χ4n) is 3.38. The van der Waals surface area contributed by atoms with Crippen LogP contribution in [0.25, 0.3) is 16.7 Å². The molecule has 33 heavy (non-hydrogen) atoms. The number of nitriles is 1. The first-order valence-corrected chi connectivity index (χ1v) is 11.4. The van der Waals surface area contributed by atoms with Crippen molar-refractivity contribution in [2.75, 3.05) is 17.2 Å². The summed E-state index contributed by atoms with van der Waals surface area (Å²) in [7, 11) is 0. The van der Waals surface area contributed by atoms with E-state index >= 15 is 0 Å². The van der Waals surface area contributed by atoms with Gasteiger partial charge < -0.3 is 4.90 Å². The maximum atomic E-state index is 13.3. The molecule has 0 unspecified atom stereocenters. The lowest BCUT2D eigenvalue weighted by molar-refractivity contribution is -0.116. The molecule has 2 heterocycles. The highest BCUT2D eigenvalue weighted by Crippen LogP contribution is 2.23. The van der Waals surface area contributed by atoms with Gasteiger partial charge in [0.05, 0.1) is 29.1 Å². The van der Waals surface area contributed by atoms with E-state index in [4.69, 9.17) is 5.26 Å². The van der Waals surface area contributed by atoms with E-state index in [9.17, 15) is 9.59 Å². The van der Waals surface area contributed by atoms with Crippen molar-refractivity contribution in [1.82, 2.24) is 14.5 Å². The molecule has 2 aromatic carbocycles. The molecule has 0 aliphatic carbocycles. The van der Waals surface area contributed by atoms with Gasteiger partial charge in [-0.05, 0) is 42.8 Å². The number of fused-ring (bicyclic) bond motifs is 1. The van der Waals surface area contributed by atoms with E-state index in [2.05, 4.69) is 16.0 Å². The van der Waals surface area contributed by atoms with Crippen LogP contribution in [0.1, 0.15) is 12.0 Å². The summed E-state index contributed by atoms with van der Waals surface area (Å²) in [6.45, 7) is 2.21. The summed E-state index contributed by atoms with van der Waals surface area (Å²) < 4.78 is 1.45. The number of carbonyl (C=O) groups is 1. The highest BCUT2D eigenvalue weighted by atomic mass is 32.2. The molecule has 4 rings (SSSR count). The first-order valence-electron chi connectivity index (χ1n) is 10.4. The quantitative estimate of drug-likeness (QED) is 0.307. The van der Waals surface area contributed by atoms with Crippen LogP contribution in [0.3, 0.4) is 0 Å². The van der Waals surface area contributed by atoms with Crippen molar-refractivity contribution in [3.05, 3.63) is 88.8 Å². The van der Waals surface area contributed by atoms with Crippen LogP contribution in [0, 0.1) is 18.3 Å². The van der Waals surface area contributed by atoms with Crippen LogP contribution in [0.15, 0.2) is 82.9 Å². The van der Waals surface area contributed by atoms with Gasteiger partial charge in [0.2, 0.25) is 5.91 Å². The molecule has 4 aromatic rings. The molecular weight excluding hydrogens is 434 g/mol. The number of anilines is 1. The molecule has 164 valence electrons. The van der Waals surface area contributed by atoms with E-state index in [0.717, 1.165) is 11.3 Å². The second kappa shape index (κ2) is 10.1. The van der Waals surface area contributed by atoms with Gasteiger partial charge in [0.25, 0.3) is 5.56 Å². The number of amides is 1. The summed E-state index contributed by atoms with van der Waals surface area (Å²) in [6, 6.07) is 22.1. The Morgan fingerprint density at radius 2 is 1.85 bits per heavy atom. The van der Waals surface area contributed by atoms with Crippen molar-refractivity contribution in [2.45, 2.75) is 18.5 Å². The lowest BCUT2D eigenvalue weighted by Gasteiger charge is -2.22. The smallest absolute Gasteiger partial charge is 0.267 e. The number of aryl methyl sites for hydroxylation is 1. The molecule has 2 aromatic heterocycles. The molecule has 0 fully saturated rings. The molecule has 7 nitrogen and oxygen atoms in total. The number of nitrogens with zero attached hydrogens (tertiary/aromatic N) is 5. The minimum Gasteiger partial charge on any atom is -0.311 e. The molecule has 8 heteroatoms. The first-order chi connectivity index (χ1) is 16.1. The van der Waals surface area contributed by atoms with Crippen molar-refractivity contribution in [1.29, 1.82) is 5.26 Å². The molecular formula is C25H21N5O2S. The van der Waals surface area contributed by atoms with E-state index in [1.165, 1.54) is 16.3 Å². The van der Waals surface area contributed by atoms with Crippen LogP contribution in [0.2, 0.25) is 0 Å². The molecule has 0 aliphatic rings. The average Bonchev–Trinajstić information content (AvgIpc) is 2.84. The van der Waals surface area contributed by atoms with Gasteiger partial charge in [-0.1, -0.05) is 48.2 Å². The van der Waals surface area contributed by atoms with Crippen molar-refractivity contribution in [3.8, 4) is 11.9 Å². The first kappa shape index (κ1) is 22.2. The normalized spacial score (nSPS) is 10.7. The van der Waals surface area contributed by atoms with Crippen LogP contribution < -0.4 is 10.5 Å². The molecule has 0 radical (unpaired) electrons. The summed E-state index contributed by atoms with van der Waals surface area (Å²) >= 11 is 1.18. The highest BCUT2D eigenvalue weighted by molar-refractivity contribution is 7.99. The van der Waals surface area contributed by atoms with Gasteiger partial charge >= 0.3 is 0 Å². The zero-order chi connectivity index (χ0) is 23.2. The number of benzene rings is 2. The van der Waals surface area contributed by atoms with Gasteiger partial charge in [0.1, 0.15) is 5.82 Å². The van der Waals surface area contributed by atoms with Crippen molar-refractivity contribution < 1.29 is 4.79 Å². The van der Waals surface area contributed by atoms with Gasteiger partial charge in [0, 0.05) is 18.4 Å². The number of pyridine rings is 1. The second-order valence-corrected chi connectivity index (χ2v) is 8.27. The minimum absolute atomic E-state index is 0.0525. The molecule has 0 saturated heterocycles. The molecule has 0 aliphatic heterocycles. The lowest BCUT2D eigenvalue weighted by atomic mass is 10.2. The Morgan fingerprint density at radius 3 is 2.58 bits per heavy atom. The maximum absolute atomic E-state index is 13.3. The summed E-state index contributed by atoms with van der Waals surface area (Å²) in [5.41, 5.74) is 2.02. The lowest BCUT2D eigenvalue weighted by Crippen LogP contribution is -2.33. The summed E-state index contributed by atoms with van der Waals surface area (Å²) in [5, 5.41) is 9.88. The Morgan fingerprint density at radius 1 is 1.09 bits per heavy atom. The van der Waals surface area contributed by atoms with Gasteiger partial charge in [-0.25, -0.2) is 14.5 Å². The fourth-order valence-corrected chi connectivity index (χ4v) is 4.25. The number of carbonyl (C=O) groups excluding carboxylic acids is 1. The van der Waals surface area contributed by atoms with Gasteiger partial charge in [-0.3, -0.25) is 9.59 Å². The highest BCUT2D eigenvalue weighted by Gasteiger charge is 2.19. The molecule has 0 N–H and O–H groups in total. The molecule has 0 atom stereocenters. The van der Waals surface area contributed by atoms with Crippen molar-refractivity contribution in [2.24, 2.45) is 0 Å². The van der Waals surface area contributed by atoms with Crippen molar-refractivity contribution in [3.63, 3.8) is 0 Å². The topological polar surface area (TPSA) is 91.9 Å². The Balaban J connectivity index is 1.69. The summed E-state index contributed by atoms with van der Waals surface area (Å²) in [4.78, 5) is 37.1. The zero-order valence-corrected chi connectivity index (χ0v) is 18.8. The Kier molecular flexibility index (Phi) is 6.81. The number of para-hydroxylation sites is 2. The van der Waals surface area contributed by atoms with E-state index in [-0.39, 0.29) is 30.2 Å². The van der Waals surface area contributed by atoms with Crippen LogP contribution in [-0.4, -0.2) is 32.7 Å². The third-order valence-electron chi connectivity index (χ3n) is 5.01. The van der Waals surface area contributed by atoms with E-state index < -0.39 is 0 Å². The summed E-state index contributed by atoms with van der Waals surface area (Å²) in [6.07, 6.45) is 1.91. The van der Waals surface area contributed by atoms with Crippen LogP contribution in [0.5, 0.6) is 0 Å². The van der Waals surface area contributed by atoms with Crippen LogP contribution in [0.4, 0.5) is 5.69 Å². The third kappa shape index (κ3) is 4.94.